The fourth-order valence-electron chi connectivity index (χ4n) is 6.85. The smallest absolute Gasteiger partial charge is 0.490 e. The van der Waals surface area contributed by atoms with Crippen LogP contribution in [-0.4, -0.2) is 81.6 Å². The van der Waals surface area contributed by atoms with Gasteiger partial charge in [-0.15, -0.1) is 0 Å². The average Bonchev–Trinajstić information content (AvgIpc) is 3.56. The van der Waals surface area contributed by atoms with E-state index in [9.17, 15) is 33.0 Å². The molecule has 202 valence electrons. The van der Waals surface area contributed by atoms with Crippen LogP contribution in [0.1, 0.15) is 49.7 Å². The van der Waals surface area contributed by atoms with Crippen molar-refractivity contribution in [2.75, 3.05) is 19.7 Å². The molecule has 0 aromatic heterocycles. The zero-order chi connectivity index (χ0) is 26.8. The highest BCUT2D eigenvalue weighted by Gasteiger charge is 2.74. The molecule has 1 unspecified atom stereocenters. The molecule has 37 heavy (non-hydrogen) atoms. The molecule has 5 aliphatic rings. The summed E-state index contributed by atoms with van der Waals surface area (Å²) in [6.45, 7) is 2.02. The number of nitrogens with zero attached hydrogens (tertiary/aromatic N) is 1. The average molecular weight is 527 g/mol. The molecular formula is C25H28F3NO8. The number of likely N-dealkylation sites (tertiary alicyclic amines) is 1. The quantitative estimate of drug-likeness (QED) is 0.511. The molecule has 2 saturated carbocycles. The van der Waals surface area contributed by atoms with Gasteiger partial charge in [-0.3, -0.25) is 14.5 Å². The number of hydrogen-bond acceptors (Lipinski definition) is 7. The number of ketones is 1. The van der Waals surface area contributed by atoms with E-state index >= 15 is 0 Å². The molecule has 9 nitrogen and oxygen atoms in total. The zero-order valence-electron chi connectivity index (χ0n) is 19.9. The van der Waals surface area contributed by atoms with Gasteiger partial charge < -0.3 is 24.8 Å². The Morgan fingerprint density at radius 3 is 2.51 bits per heavy atom. The third-order valence-corrected chi connectivity index (χ3v) is 8.44. The molecule has 1 aromatic carbocycles. The maximum Gasteiger partial charge on any atom is 0.490 e. The number of carboxylic acids is 2. The van der Waals surface area contributed by atoms with Gasteiger partial charge in [-0.1, -0.05) is 6.07 Å². The summed E-state index contributed by atoms with van der Waals surface area (Å²) in [6.07, 6.45) is -0.850. The maximum atomic E-state index is 13.1. The first kappa shape index (κ1) is 25.8. The van der Waals surface area contributed by atoms with Crippen LogP contribution >= 0.6 is 0 Å². The Labute approximate surface area is 210 Å². The van der Waals surface area contributed by atoms with Crippen molar-refractivity contribution in [2.24, 2.45) is 5.92 Å². The van der Waals surface area contributed by atoms with Gasteiger partial charge in [0, 0.05) is 24.6 Å². The van der Waals surface area contributed by atoms with Gasteiger partial charge >= 0.3 is 18.1 Å². The SMILES string of the molecule is O=C(O)C(F)(F)F.O=C(O)CCO[C@@]12CCC(=O)[C@@H]3Oc4c(O)ccc5c4C31CCN(CC1CC1)[C@@H]2C5. The van der Waals surface area contributed by atoms with Crippen LogP contribution in [0.15, 0.2) is 12.1 Å². The van der Waals surface area contributed by atoms with Crippen molar-refractivity contribution in [3.05, 3.63) is 23.3 Å². The Kier molecular flexibility index (Phi) is 6.18. The second-order valence-electron chi connectivity index (χ2n) is 10.5. The Balaban J connectivity index is 0.000000355. The lowest BCUT2D eigenvalue weighted by Gasteiger charge is -2.64. The molecule has 3 N–H and O–H groups in total. The lowest BCUT2D eigenvalue weighted by molar-refractivity contribution is -0.214. The minimum atomic E-state index is -5.08. The van der Waals surface area contributed by atoms with Crippen molar-refractivity contribution in [1.82, 2.24) is 4.90 Å². The standard InChI is InChI=1S/C23H27NO6.C2HF3O2/c25-15-4-3-14-11-17-23(29-10-6-18(27)28)7-5-16(26)21-22(23,19(14)20(15)30-21)8-9-24(17)12-13-1-2-13;3-2(4,5)1(6)7/h3-4,13,17,21,25H,1-2,5-12H2,(H,27,28);(H,6,7)/t17-,21+,22?,23-;/m1./s1. The van der Waals surface area contributed by atoms with E-state index < -0.39 is 35.2 Å². The van der Waals surface area contributed by atoms with Crippen LogP contribution in [0.5, 0.6) is 11.5 Å². The first-order valence-corrected chi connectivity index (χ1v) is 12.4. The van der Waals surface area contributed by atoms with E-state index in [0.29, 0.717) is 18.6 Å². The predicted octanol–water partition coefficient (Wildman–Crippen LogP) is 2.66. The largest absolute Gasteiger partial charge is 0.504 e. The van der Waals surface area contributed by atoms with Gasteiger partial charge in [0.2, 0.25) is 0 Å². The highest BCUT2D eigenvalue weighted by molar-refractivity contribution is 5.90. The minimum Gasteiger partial charge on any atom is -0.504 e. The first-order valence-electron chi connectivity index (χ1n) is 12.4. The summed E-state index contributed by atoms with van der Waals surface area (Å²) in [5.74, 6) is -2.34. The number of aliphatic carboxylic acids is 2. The van der Waals surface area contributed by atoms with Crippen molar-refractivity contribution < 1.29 is 52.3 Å². The fraction of sp³-hybridized carbons (Fsp3) is 0.640. The van der Waals surface area contributed by atoms with Crippen LogP contribution in [0, 0.1) is 5.92 Å². The first-order chi connectivity index (χ1) is 17.4. The molecule has 2 aliphatic heterocycles. The Hall–Kier alpha value is -2.86. The molecule has 2 heterocycles. The lowest BCUT2D eigenvalue weighted by Crippen LogP contribution is -2.77. The van der Waals surface area contributed by atoms with Gasteiger partial charge in [-0.25, -0.2) is 4.79 Å². The van der Waals surface area contributed by atoms with E-state index in [0.717, 1.165) is 43.0 Å². The van der Waals surface area contributed by atoms with Gasteiger partial charge in [0.1, 0.15) is 0 Å². The Bertz CT molecular complexity index is 1140. The van der Waals surface area contributed by atoms with Crippen LogP contribution in [-0.2, 0) is 31.0 Å². The maximum absolute atomic E-state index is 13.1. The van der Waals surface area contributed by atoms with Crippen LogP contribution in [0.2, 0.25) is 0 Å². The summed E-state index contributed by atoms with van der Waals surface area (Å²) >= 11 is 0. The number of halogens is 3. The number of ether oxygens (including phenoxy) is 2. The van der Waals surface area contributed by atoms with Crippen molar-refractivity contribution in [1.29, 1.82) is 0 Å². The van der Waals surface area contributed by atoms with Crippen molar-refractivity contribution >= 4 is 17.7 Å². The molecule has 0 radical (unpaired) electrons. The molecule has 3 aliphatic carbocycles. The number of hydrogen-bond donors (Lipinski definition) is 3. The summed E-state index contributed by atoms with van der Waals surface area (Å²) in [5, 5.41) is 26.9. The number of alkyl halides is 3. The van der Waals surface area contributed by atoms with Gasteiger partial charge in [0.25, 0.3) is 0 Å². The van der Waals surface area contributed by atoms with Crippen molar-refractivity contribution in [3.63, 3.8) is 0 Å². The molecule has 1 spiro atoms. The molecule has 4 atom stereocenters. The van der Waals surface area contributed by atoms with E-state index in [2.05, 4.69) is 4.90 Å². The van der Waals surface area contributed by atoms with E-state index in [1.165, 1.54) is 12.8 Å². The monoisotopic (exact) mass is 527 g/mol. The molecule has 3 fully saturated rings. The van der Waals surface area contributed by atoms with E-state index in [1.807, 2.05) is 6.07 Å². The Morgan fingerprint density at radius 2 is 1.89 bits per heavy atom. The second-order valence-corrected chi connectivity index (χ2v) is 10.5. The number of phenols is 1. The number of carbonyl (C=O) groups excluding carboxylic acids is 1. The zero-order valence-corrected chi connectivity index (χ0v) is 19.9. The lowest BCUT2D eigenvalue weighted by atomic mass is 9.48. The molecule has 1 aromatic rings. The summed E-state index contributed by atoms with van der Waals surface area (Å²) in [4.78, 5) is 35.7. The number of piperidine rings is 1. The Morgan fingerprint density at radius 1 is 1.19 bits per heavy atom. The molecule has 6 rings (SSSR count). The highest BCUT2D eigenvalue weighted by Crippen LogP contribution is 2.66. The molecule has 0 amide bonds. The van der Waals surface area contributed by atoms with Crippen LogP contribution in [0.3, 0.4) is 0 Å². The van der Waals surface area contributed by atoms with Gasteiger partial charge in [-0.05, 0) is 56.2 Å². The van der Waals surface area contributed by atoms with Crippen molar-refractivity contribution in [2.45, 2.75) is 74.3 Å². The summed E-state index contributed by atoms with van der Waals surface area (Å²) in [5.41, 5.74) is 0.758. The highest BCUT2D eigenvalue weighted by atomic mass is 19.4. The predicted molar refractivity (Wildman–Crippen MR) is 119 cm³/mol. The number of carboxylic acid groups (broad SMARTS) is 2. The second kappa shape index (κ2) is 8.87. The summed E-state index contributed by atoms with van der Waals surface area (Å²) in [7, 11) is 0. The van der Waals surface area contributed by atoms with Gasteiger partial charge in [0.15, 0.2) is 23.4 Å². The van der Waals surface area contributed by atoms with Crippen molar-refractivity contribution in [3.8, 4) is 11.5 Å². The number of Topliss-reactive ketones (excluding diaryl/α,β-unsaturated/α-hetero) is 1. The van der Waals surface area contributed by atoms with E-state index in [4.69, 9.17) is 19.4 Å². The van der Waals surface area contributed by atoms with Crippen LogP contribution < -0.4 is 4.74 Å². The molecule has 2 bridgehead atoms. The summed E-state index contributed by atoms with van der Waals surface area (Å²) < 4.78 is 44.5. The van der Waals surface area contributed by atoms with Gasteiger partial charge in [-0.2, -0.15) is 13.2 Å². The normalized spacial score (nSPS) is 31.6. The number of benzene rings is 1. The van der Waals surface area contributed by atoms with Crippen LogP contribution in [0.4, 0.5) is 13.2 Å². The fourth-order valence-corrected chi connectivity index (χ4v) is 6.85. The van der Waals surface area contributed by atoms with E-state index in [-0.39, 0.29) is 30.6 Å². The van der Waals surface area contributed by atoms with E-state index in [1.54, 1.807) is 6.07 Å². The number of aromatic hydroxyl groups is 1. The number of phenolic OH excluding ortho intramolecular Hbond substituents is 1. The molecule has 1 saturated heterocycles. The van der Waals surface area contributed by atoms with Gasteiger partial charge in [0.05, 0.1) is 24.0 Å². The third-order valence-electron chi connectivity index (χ3n) is 8.44. The summed E-state index contributed by atoms with van der Waals surface area (Å²) in [6, 6.07) is 3.73. The number of rotatable bonds is 6. The topological polar surface area (TPSA) is 134 Å². The minimum absolute atomic E-state index is 0.0605. The number of carbonyl (C=O) groups is 3. The molecule has 12 heteroatoms. The van der Waals surface area contributed by atoms with Crippen LogP contribution in [0.25, 0.3) is 0 Å². The third kappa shape index (κ3) is 4.04. The molecular weight excluding hydrogens is 499 g/mol.